The van der Waals surface area contributed by atoms with Crippen LogP contribution in [0.25, 0.3) is 11.1 Å². The molecule has 1 saturated carbocycles. The molecule has 2 saturated heterocycles. The molecule has 3 fully saturated rings. The van der Waals surface area contributed by atoms with Gasteiger partial charge in [-0.25, -0.2) is 9.59 Å². The Labute approximate surface area is 192 Å². The second-order valence-electron chi connectivity index (χ2n) is 9.63. The minimum atomic E-state index is -0.998. The lowest BCUT2D eigenvalue weighted by atomic mass is 9.73. The molecule has 0 aromatic heterocycles. The van der Waals surface area contributed by atoms with Crippen molar-refractivity contribution in [3.8, 4) is 11.1 Å². The number of carbonyl (C=O) groups is 3. The number of alkyl carbamates (subject to hydrolysis) is 1. The summed E-state index contributed by atoms with van der Waals surface area (Å²) in [6, 6.07) is 16.3. The molecule has 7 nitrogen and oxygen atoms in total. The molecular formula is C26H28N2O5. The van der Waals surface area contributed by atoms with Gasteiger partial charge in [-0.2, -0.15) is 0 Å². The third kappa shape index (κ3) is 3.65. The number of amides is 2. The van der Waals surface area contributed by atoms with Gasteiger partial charge < -0.3 is 20.1 Å². The van der Waals surface area contributed by atoms with Gasteiger partial charge in [-0.05, 0) is 46.9 Å². The molecule has 1 unspecified atom stereocenters. The summed E-state index contributed by atoms with van der Waals surface area (Å²) in [4.78, 5) is 38.2. The van der Waals surface area contributed by atoms with Gasteiger partial charge in [0.1, 0.15) is 12.1 Å². The average molecular weight is 449 g/mol. The topological polar surface area (TPSA) is 95.9 Å². The average Bonchev–Trinajstić information content (AvgIpc) is 3.45. The zero-order valence-corrected chi connectivity index (χ0v) is 18.6. The number of benzene rings is 2. The number of carboxylic acids is 1. The number of hydrogen-bond acceptors (Lipinski definition) is 4. The summed E-state index contributed by atoms with van der Waals surface area (Å²) in [5, 5.41) is 12.3. The number of aliphatic carboxylic acids is 1. The minimum absolute atomic E-state index is 0.00369. The van der Waals surface area contributed by atoms with Gasteiger partial charge in [0, 0.05) is 25.4 Å². The molecule has 2 aromatic carbocycles. The molecule has 1 atom stereocenters. The predicted molar refractivity (Wildman–Crippen MR) is 122 cm³/mol. The maximum Gasteiger partial charge on any atom is 0.407 e. The number of hydrogen-bond donors (Lipinski definition) is 2. The molecule has 0 spiro atoms. The summed E-state index contributed by atoms with van der Waals surface area (Å²) in [5.41, 5.74) is 3.66. The molecule has 7 heteroatoms. The van der Waals surface area contributed by atoms with Gasteiger partial charge in [-0.1, -0.05) is 55.5 Å². The van der Waals surface area contributed by atoms with E-state index >= 15 is 0 Å². The van der Waals surface area contributed by atoms with Crippen LogP contribution in [0.15, 0.2) is 48.5 Å². The van der Waals surface area contributed by atoms with Gasteiger partial charge in [0.2, 0.25) is 5.91 Å². The fourth-order valence-electron chi connectivity index (χ4n) is 5.70. The first-order chi connectivity index (χ1) is 15.9. The predicted octanol–water partition coefficient (Wildman–Crippen LogP) is 3.63. The Morgan fingerprint density at radius 2 is 1.70 bits per heavy atom. The van der Waals surface area contributed by atoms with Gasteiger partial charge in [-0.3, -0.25) is 4.79 Å². The molecule has 0 radical (unpaired) electrons. The number of rotatable bonds is 7. The van der Waals surface area contributed by atoms with Crippen LogP contribution in [0.2, 0.25) is 0 Å². The molecule has 6 rings (SSSR count). The van der Waals surface area contributed by atoms with Crippen LogP contribution in [0.1, 0.15) is 43.2 Å². The maximum absolute atomic E-state index is 12.7. The van der Waals surface area contributed by atoms with Crippen LogP contribution in [0.5, 0.6) is 0 Å². The monoisotopic (exact) mass is 448 g/mol. The van der Waals surface area contributed by atoms with E-state index in [0.717, 1.165) is 11.1 Å². The molecule has 2 bridgehead atoms. The summed E-state index contributed by atoms with van der Waals surface area (Å²) in [7, 11) is 0. The fourth-order valence-corrected chi connectivity index (χ4v) is 5.70. The Kier molecular flexibility index (Phi) is 5.35. The molecule has 4 aliphatic rings. The highest BCUT2D eigenvalue weighted by Gasteiger charge is 2.62. The van der Waals surface area contributed by atoms with Gasteiger partial charge in [-0.15, -0.1) is 0 Å². The lowest BCUT2D eigenvalue weighted by Gasteiger charge is -2.38. The quantitative estimate of drug-likeness (QED) is 0.674. The zero-order valence-electron chi connectivity index (χ0n) is 18.6. The Bertz CT molecular complexity index is 1060. The zero-order chi connectivity index (χ0) is 23.2. The van der Waals surface area contributed by atoms with Gasteiger partial charge in [0.25, 0.3) is 0 Å². The van der Waals surface area contributed by atoms with E-state index in [-0.39, 0.29) is 30.8 Å². The van der Waals surface area contributed by atoms with Crippen LogP contribution in [0.3, 0.4) is 0 Å². The smallest absolute Gasteiger partial charge is 0.407 e. The second kappa shape index (κ2) is 8.21. The Morgan fingerprint density at radius 1 is 1.09 bits per heavy atom. The van der Waals surface area contributed by atoms with Crippen LogP contribution >= 0.6 is 0 Å². The summed E-state index contributed by atoms with van der Waals surface area (Å²) < 4.78 is 5.54. The SMILES string of the molecule is CC(CNC(=O)OCC1c2ccccc2-c2ccccc21)CC(=O)N1CC2CC1(C(=O)O)C2. The van der Waals surface area contributed by atoms with E-state index in [0.29, 0.717) is 31.8 Å². The summed E-state index contributed by atoms with van der Waals surface area (Å²) in [5.74, 6) is -0.884. The number of nitrogens with zero attached hydrogens (tertiary/aromatic N) is 1. The van der Waals surface area contributed by atoms with Crippen LogP contribution in [-0.4, -0.2) is 53.2 Å². The molecule has 2 aromatic rings. The molecule has 2 heterocycles. The van der Waals surface area contributed by atoms with Crippen molar-refractivity contribution in [3.05, 3.63) is 59.7 Å². The van der Waals surface area contributed by atoms with Gasteiger partial charge in [0.15, 0.2) is 0 Å². The molecular weight excluding hydrogens is 420 g/mol. The fraction of sp³-hybridized carbons (Fsp3) is 0.423. The highest BCUT2D eigenvalue weighted by atomic mass is 16.5. The van der Waals surface area contributed by atoms with Crippen LogP contribution in [-0.2, 0) is 14.3 Å². The van der Waals surface area contributed by atoms with E-state index in [1.165, 1.54) is 16.0 Å². The van der Waals surface area contributed by atoms with E-state index in [1.807, 2.05) is 31.2 Å². The first-order valence-electron chi connectivity index (χ1n) is 11.5. The Hall–Kier alpha value is -3.35. The normalized spacial score (nSPS) is 23.3. The number of carbonyl (C=O) groups excluding carboxylic acids is 2. The van der Waals surface area contributed by atoms with E-state index in [1.54, 1.807) is 0 Å². The summed E-state index contributed by atoms with van der Waals surface area (Å²) >= 11 is 0. The number of fused-ring (bicyclic) bond motifs is 4. The molecule has 172 valence electrons. The van der Waals surface area contributed by atoms with Crippen molar-refractivity contribution in [1.29, 1.82) is 0 Å². The van der Waals surface area contributed by atoms with Crippen LogP contribution < -0.4 is 5.32 Å². The molecule has 33 heavy (non-hydrogen) atoms. The van der Waals surface area contributed by atoms with Crippen molar-refractivity contribution in [3.63, 3.8) is 0 Å². The van der Waals surface area contributed by atoms with Crippen molar-refractivity contribution in [2.24, 2.45) is 11.8 Å². The summed E-state index contributed by atoms with van der Waals surface area (Å²) in [6.07, 6.45) is 0.799. The third-order valence-corrected chi connectivity index (χ3v) is 7.37. The van der Waals surface area contributed by atoms with Gasteiger partial charge in [0.05, 0.1) is 0 Å². The molecule has 2 aliphatic heterocycles. The van der Waals surface area contributed by atoms with Crippen molar-refractivity contribution < 1.29 is 24.2 Å². The number of nitrogens with one attached hydrogen (secondary N) is 1. The largest absolute Gasteiger partial charge is 0.479 e. The van der Waals surface area contributed by atoms with E-state index in [9.17, 15) is 19.5 Å². The first kappa shape index (κ1) is 21.5. The van der Waals surface area contributed by atoms with Crippen molar-refractivity contribution in [2.75, 3.05) is 19.7 Å². The lowest BCUT2D eigenvalue weighted by molar-refractivity contribution is -0.158. The lowest BCUT2D eigenvalue weighted by Crippen LogP contribution is -2.54. The molecule has 2 aliphatic carbocycles. The Morgan fingerprint density at radius 3 is 2.30 bits per heavy atom. The maximum atomic E-state index is 12.7. The highest BCUT2D eigenvalue weighted by molar-refractivity contribution is 5.89. The van der Waals surface area contributed by atoms with E-state index in [4.69, 9.17) is 4.74 Å². The highest BCUT2D eigenvalue weighted by Crippen LogP contribution is 2.51. The van der Waals surface area contributed by atoms with Crippen molar-refractivity contribution >= 4 is 18.0 Å². The van der Waals surface area contributed by atoms with E-state index in [2.05, 4.69) is 29.6 Å². The Balaban J connectivity index is 1.12. The van der Waals surface area contributed by atoms with Crippen LogP contribution in [0, 0.1) is 11.8 Å². The standard InChI is InChI=1S/C26H28N2O5/c1-16(10-23(29)28-14-17-11-26(28,12-17)24(30)31)13-27-25(32)33-15-22-20-8-4-2-6-18(20)19-7-3-5-9-21(19)22/h2-9,16-17,22H,10-15H2,1H3,(H,27,32)(H,30,31). The molecule has 2 N–H and O–H groups in total. The van der Waals surface area contributed by atoms with Gasteiger partial charge >= 0.3 is 12.1 Å². The molecule has 2 amide bonds. The number of carboxylic acid groups (broad SMARTS) is 1. The minimum Gasteiger partial charge on any atom is -0.479 e. The van der Waals surface area contributed by atoms with Crippen molar-refractivity contribution in [2.45, 2.75) is 37.6 Å². The summed E-state index contributed by atoms with van der Waals surface area (Å²) in [6.45, 7) is 2.93. The first-order valence-corrected chi connectivity index (χ1v) is 11.5. The third-order valence-electron chi connectivity index (χ3n) is 7.37. The van der Waals surface area contributed by atoms with E-state index < -0.39 is 17.6 Å². The second-order valence-corrected chi connectivity index (χ2v) is 9.63. The van der Waals surface area contributed by atoms with Crippen molar-refractivity contribution in [1.82, 2.24) is 10.2 Å². The van der Waals surface area contributed by atoms with Crippen LogP contribution in [0.4, 0.5) is 4.79 Å². The number of ether oxygens (including phenoxy) is 1.